The van der Waals surface area contributed by atoms with Gasteiger partial charge in [-0.25, -0.2) is 0 Å². The fraction of sp³-hybridized carbons (Fsp3) is 0.632. The maximum absolute atomic E-state index is 4.38. The zero-order valence-corrected chi connectivity index (χ0v) is 18.4. The Morgan fingerprint density at radius 2 is 2.00 bits per heavy atom. The Kier molecular flexibility index (Phi) is 7.67. The van der Waals surface area contributed by atoms with Crippen molar-refractivity contribution in [3.05, 3.63) is 30.2 Å². The molecule has 0 radical (unpaired) electrons. The molecule has 0 spiro atoms. The van der Waals surface area contributed by atoms with Crippen LogP contribution >= 0.6 is 24.0 Å². The first-order valence-corrected chi connectivity index (χ1v) is 9.35. The lowest BCUT2D eigenvalue weighted by Gasteiger charge is -2.31. The van der Waals surface area contributed by atoms with Gasteiger partial charge in [-0.3, -0.25) is 9.39 Å². The molecule has 0 atom stereocenters. The van der Waals surface area contributed by atoms with Gasteiger partial charge in [-0.1, -0.05) is 32.8 Å². The monoisotopic (exact) mass is 470 g/mol. The quantitative estimate of drug-likeness (QED) is 0.385. The standard InChI is InChI=1S/C19H30N6.HI/c1-15(2)12-19(9-5-6-10-19)14-22-18(20-3)21-13-17-24-23-16-8-4-7-11-25(16)17;/h4,7-8,11,15H,5-6,9-10,12-14H2,1-3H3,(H2,20,21,22);1H. The van der Waals surface area contributed by atoms with E-state index in [1.807, 2.05) is 35.8 Å². The molecule has 6 nitrogen and oxygen atoms in total. The number of aliphatic imine (C=N–C) groups is 1. The smallest absolute Gasteiger partial charge is 0.191 e. The van der Waals surface area contributed by atoms with E-state index < -0.39 is 0 Å². The summed E-state index contributed by atoms with van der Waals surface area (Å²) in [5.41, 5.74) is 1.29. The summed E-state index contributed by atoms with van der Waals surface area (Å²) < 4.78 is 2.00. The van der Waals surface area contributed by atoms with Gasteiger partial charge in [-0.2, -0.15) is 0 Å². The number of halogens is 1. The maximum Gasteiger partial charge on any atom is 0.191 e. The van der Waals surface area contributed by atoms with Crippen LogP contribution in [-0.4, -0.2) is 34.2 Å². The zero-order chi connectivity index (χ0) is 17.7. The van der Waals surface area contributed by atoms with Crippen LogP contribution in [0.1, 0.15) is 51.8 Å². The summed E-state index contributed by atoms with van der Waals surface area (Å²) in [6, 6.07) is 5.92. The van der Waals surface area contributed by atoms with Crippen molar-refractivity contribution in [2.45, 2.75) is 52.5 Å². The molecule has 144 valence electrons. The summed E-state index contributed by atoms with van der Waals surface area (Å²) in [4.78, 5) is 4.38. The summed E-state index contributed by atoms with van der Waals surface area (Å²) in [7, 11) is 1.82. The molecule has 0 aliphatic heterocycles. The highest BCUT2D eigenvalue weighted by Gasteiger charge is 2.34. The molecule has 0 aromatic carbocycles. The van der Waals surface area contributed by atoms with E-state index in [0.29, 0.717) is 12.0 Å². The van der Waals surface area contributed by atoms with E-state index in [1.54, 1.807) is 0 Å². The molecule has 1 aliphatic rings. The fourth-order valence-corrected chi connectivity index (χ4v) is 4.11. The summed E-state index contributed by atoms with van der Waals surface area (Å²) in [5.74, 6) is 2.45. The van der Waals surface area contributed by atoms with Crippen molar-refractivity contribution in [2.75, 3.05) is 13.6 Å². The third-order valence-electron chi connectivity index (χ3n) is 5.16. The molecule has 7 heteroatoms. The highest BCUT2D eigenvalue weighted by molar-refractivity contribution is 14.0. The van der Waals surface area contributed by atoms with Crippen molar-refractivity contribution >= 4 is 35.6 Å². The van der Waals surface area contributed by atoms with Gasteiger partial charge in [0.25, 0.3) is 0 Å². The molecule has 0 saturated heterocycles. The van der Waals surface area contributed by atoms with E-state index in [9.17, 15) is 0 Å². The fourth-order valence-electron chi connectivity index (χ4n) is 4.11. The number of aromatic nitrogens is 3. The first-order chi connectivity index (χ1) is 12.1. The number of guanidine groups is 1. The molecule has 2 heterocycles. The van der Waals surface area contributed by atoms with Crippen molar-refractivity contribution in [1.29, 1.82) is 0 Å². The normalized spacial score (nSPS) is 16.7. The molecular weight excluding hydrogens is 439 g/mol. The number of pyridine rings is 1. The van der Waals surface area contributed by atoms with Crippen LogP contribution in [0.3, 0.4) is 0 Å². The van der Waals surface area contributed by atoms with E-state index in [4.69, 9.17) is 0 Å². The van der Waals surface area contributed by atoms with Crippen molar-refractivity contribution < 1.29 is 0 Å². The maximum atomic E-state index is 4.38. The topological polar surface area (TPSA) is 66.6 Å². The second-order valence-electron chi connectivity index (χ2n) is 7.63. The van der Waals surface area contributed by atoms with E-state index in [0.717, 1.165) is 29.9 Å². The SMILES string of the molecule is CN=C(NCc1nnc2ccccn12)NCC1(CC(C)C)CCCC1.I. The molecule has 2 aromatic rings. The van der Waals surface area contributed by atoms with Gasteiger partial charge in [0.1, 0.15) is 0 Å². The first-order valence-electron chi connectivity index (χ1n) is 9.35. The molecule has 2 aromatic heterocycles. The van der Waals surface area contributed by atoms with E-state index in [1.165, 1.54) is 32.1 Å². The van der Waals surface area contributed by atoms with Gasteiger partial charge in [0, 0.05) is 19.8 Å². The van der Waals surface area contributed by atoms with Crippen LogP contribution in [0.15, 0.2) is 29.4 Å². The van der Waals surface area contributed by atoms with Crippen LogP contribution in [0, 0.1) is 11.3 Å². The van der Waals surface area contributed by atoms with Gasteiger partial charge in [0.15, 0.2) is 17.4 Å². The molecule has 1 saturated carbocycles. The van der Waals surface area contributed by atoms with Gasteiger partial charge in [-0.15, -0.1) is 34.2 Å². The van der Waals surface area contributed by atoms with Gasteiger partial charge < -0.3 is 10.6 Å². The van der Waals surface area contributed by atoms with Crippen molar-refractivity contribution in [3.8, 4) is 0 Å². The summed E-state index contributed by atoms with van der Waals surface area (Å²) in [6.07, 6.45) is 8.62. The molecule has 1 aliphatic carbocycles. The second-order valence-corrected chi connectivity index (χ2v) is 7.63. The number of hydrogen-bond acceptors (Lipinski definition) is 3. The third kappa shape index (κ3) is 5.08. The Morgan fingerprint density at radius 3 is 2.69 bits per heavy atom. The Morgan fingerprint density at radius 1 is 1.23 bits per heavy atom. The van der Waals surface area contributed by atoms with E-state index in [2.05, 4.69) is 39.7 Å². The minimum atomic E-state index is 0. The molecule has 26 heavy (non-hydrogen) atoms. The van der Waals surface area contributed by atoms with E-state index in [-0.39, 0.29) is 24.0 Å². The van der Waals surface area contributed by atoms with Gasteiger partial charge in [0.2, 0.25) is 0 Å². The van der Waals surface area contributed by atoms with Crippen LogP contribution in [0.2, 0.25) is 0 Å². The zero-order valence-electron chi connectivity index (χ0n) is 16.0. The first kappa shape index (κ1) is 20.9. The number of nitrogens with one attached hydrogen (secondary N) is 2. The largest absolute Gasteiger partial charge is 0.356 e. The van der Waals surface area contributed by atoms with Gasteiger partial charge in [-0.05, 0) is 42.7 Å². The Bertz CT molecular complexity index is 718. The lowest BCUT2D eigenvalue weighted by molar-refractivity contribution is 0.234. The number of fused-ring (bicyclic) bond motifs is 1. The van der Waals surface area contributed by atoms with Crippen LogP contribution in [-0.2, 0) is 6.54 Å². The highest BCUT2D eigenvalue weighted by Crippen LogP contribution is 2.42. The average Bonchev–Trinajstić information content (AvgIpc) is 3.22. The molecule has 0 amide bonds. The predicted molar refractivity (Wildman–Crippen MR) is 117 cm³/mol. The summed E-state index contributed by atoms with van der Waals surface area (Å²) >= 11 is 0. The number of nitrogens with zero attached hydrogens (tertiary/aromatic N) is 4. The summed E-state index contributed by atoms with van der Waals surface area (Å²) in [6.45, 7) is 6.24. The Hall–Kier alpha value is -1.38. The lowest BCUT2D eigenvalue weighted by atomic mass is 9.78. The van der Waals surface area contributed by atoms with Crippen molar-refractivity contribution in [1.82, 2.24) is 25.2 Å². The predicted octanol–water partition coefficient (Wildman–Crippen LogP) is 3.62. The molecule has 3 rings (SSSR count). The van der Waals surface area contributed by atoms with Gasteiger partial charge in [0.05, 0.1) is 6.54 Å². The molecule has 1 fully saturated rings. The van der Waals surface area contributed by atoms with Crippen molar-refractivity contribution in [3.63, 3.8) is 0 Å². The van der Waals surface area contributed by atoms with Crippen LogP contribution < -0.4 is 10.6 Å². The number of hydrogen-bond donors (Lipinski definition) is 2. The minimum Gasteiger partial charge on any atom is -0.356 e. The Balaban J connectivity index is 0.00000243. The van der Waals surface area contributed by atoms with Crippen LogP contribution in [0.5, 0.6) is 0 Å². The average molecular weight is 470 g/mol. The lowest BCUT2D eigenvalue weighted by Crippen LogP contribution is -2.43. The Labute approximate surface area is 173 Å². The van der Waals surface area contributed by atoms with E-state index >= 15 is 0 Å². The minimum absolute atomic E-state index is 0. The molecule has 0 bridgehead atoms. The molecular formula is C19H31IN6. The molecule has 0 unspecified atom stereocenters. The van der Waals surface area contributed by atoms with Crippen LogP contribution in [0.4, 0.5) is 0 Å². The van der Waals surface area contributed by atoms with Gasteiger partial charge >= 0.3 is 0 Å². The summed E-state index contributed by atoms with van der Waals surface area (Å²) in [5, 5.41) is 15.4. The molecule has 2 N–H and O–H groups in total. The third-order valence-corrected chi connectivity index (χ3v) is 5.16. The second kappa shape index (κ2) is 9.53. The van der Waals surface area contributed by atoms with Crippen LogP contribution in [0.25, 0.3) is 5.65 Å². The van der Waals surface area contributed by atoms with Crippen molar-refractivity contribution in [2.24, 2.45) is 16.3 Å². The number of rotatable bonds is 6. The highest BCUT2D eigenvalue weighted by atomic mass is 127.